The summed E-state index contributed by atoms with van der Waals surface area (Å²) in [7, 11) is 1.39. The molecule has 2 heterocycles. The first kappa shape index (κ1) is 20.8. The molecular formula is C23H29N2O4+. The van der Waals surface area contributed by atoms with Gasteiger partial charge in [-0.3, -0.25) is 4.79 Å². The molecule has 0 radical (unpaired) electrons. The highest BCUT2D eigenvalue weighted by molar-refractivity contribution is 5.80. The zero-order valence-electron chi connectivity index (χ0n) is 17.3. The monoisotopic (exact) mass is 397 g/mol. The summed E-state index contributed by atoms with van der Waals surface area (Å²) in [4.78, 5) is 27.3. The normalized spacial score (nSPS) is 17.5. The minimum absolute atomic E-state index is 0.148. The lowest BCUT2D eigenvalue weighted by molar-refractivity contribution is -0.738. The van der Waals surface area contributed by atoms with Gasteiger partial charge in [0, 0.05) is 32.5 Å². The van der Waals surface area contributed by atoms with Gasteiger partial charge in [-0.15, -0.1) is 0 Å². The summed E-state index contributed by atoms with van der Waals surface area (Å²) in [6, 6.07) is 15.2. The zero-order valence-corrected chi connectivity index (χ0v) is 17.3. The number of aromatic nitrogens is 1. The first-order valence-electron chi connectivity index (χ1n) is 10.0. The topological polar surface area (TPSA) is 59.7 Å². The molecular weight excluding hydrogens is 368 g/mol. The second kappa shape index (κ2) is 9.54. The molecule has 0 bridgehead atoms. The first-order chi connectivity index (χ1) is 14.0. The number of pyridine rings is 1. The summed E-state index contributed by atoms with van der Waals surface area (Å²) in [6.45, 7) is 4.68. The number of carbonyl (C=O) groups excluding carboxylic acids is 2. The van der Waals surface area contributed by atoms with Gasteiger partial charge in [-0.05, 0) is 30.9 Å². The lowest BCUT2D eigenvalue weighted by Gasteiger charge is -2.38. The lowest BCUT2D eigenvalue weighted by atomic mass is 9.85. The molecule has 1 aliphatic heterocycles. The van der Waals surface area contributed by atoms with Crippen LogP contribution in [-0.2, 0) is 21.0 Å². The lowest BCUT2D eigenvalue weighted by Crippen LogP contribution is -2.51. The van der Waals surface area contributed by atoms with E-state index in [1.54, 1.807) is 4.90 Å². The molecule has 3 rings (SSSR count). The number of likely N-dealkylation sites (tertiary alicyclic amines) is 1. The van der Waals surface area contributed by atoms with Crippen molar-refractivity contribution >= 4 is 12.1 Å². The number of piperidine rings is 1. The average Bonchev–Trinajstić information content (AvgIpc) is 2.74. The minimum atomic E-state index is -0.526. The molecule has 1 unspecified atom stereocenters. The van der Waals surface area contributed by atoms with Crippen LogP contribution in [0.5, 0.6) is 0 Å². The fraction of sp³-hybridized carbons (Fsp3) is 0.435. The fourth-order valence-corrected chi connectivity index (χ4v) is 4.02. The Balaban J connectivity index is 1.80. The summed E-state index contributed by atoms with van der Waals surface area (Å²) in [5.41, 5.74) is 2.89. The van der Waals surface area contributed by atoms with Crippen molar-refractivity contribution in [1.82, 2.24) is 4.90 Å². The molecule has 0 aliphatic carbocycles. The summed E-state index contributed by atoms with van der Waals surface area (Å²) in [5.74, 6) is -0.855. The van der Waals surface area contributed by atoms with Gasteiger partial charge in [0.25, 0.3) is 6.73 Å². The van der Waals surface area contributed by atoms with Crippen LogP contribution >= 0.6 is 0 Å². The van der Waals surface area contributed by atoms with Crippen LogP contribution in [0.3, 0.4) is 0 Å². The molecule has 1 aliphatic rings. The van der Waals surface area contributed by atoms with Crippen LogP contribution in [0.15, 0.2) is 48.5 Å². The van der Waals surface area contributed by atoms with E-state index in [1.165, 1.54) is 7.11 Å². The maximum Gasteiger partial charge on any atom is 0.414 e. The molecule has 6 heteroatoms. The van der Waals surface area contributed by atoms with Crippen molar-refractivity contribution in [3.63, 3.8) is 0 Å². The summed E-state index contributed by atoms with van der Waals surface area (Å²) < 4.78 is 12.7. The van der Waals surface area contributed by atoms with Gasteiger partial charge in [0.15, 0.2) is 11.4 Å². The highest BCUT2D eigenvalue weighted by atomic mass is 16.6. The van der Waals surface area contributed by atoms with Gasteiger partial charge in [0.1, 0.15) is 5.92 Å². The summed E-state index contributed by atoms with van der Waals surface area (Å²) in [5, 5.41) is 0. The number of benzene rings is 1. The van der Waals surface area contributed by atoms with Crippen LogP contribution < -0.4 is 4.57 Å². The molecule has 2 aromatic rings. The smallest absolute Gasteiger partial charge is 0.414 e. The molecule has 0 N–H and O–H groups in total. The van der Waals surface area contributed by atoms with Crippen LogP contribution in [0.1, 0.15) is 42.1 Å². The van der Waals surface area contributed by atoms with E-state index in [2.05, 4.69) is 0 Å². The van der Waals surface area contributed by atoms with Gasteiger partial charge in [-0.1, -0.05) is 30.3 Å². The number of rotatable bonds is 5. The van der Waals surface area contributed by atoms with Gasteiger partial charge in [0.05, 0.1) is 13.2 Å². The Morgan fingerprint density at radius 1 is 1.07 bits per heavy atom. The number of carbonyl (C=O) groups is 2. The number of esters is 1. The van der Waals surface area contributed by atoms with Crippen molar-refractivity contribution < 1.29 is 23.6 Å². The number of nitrogens with zero attached hydrogens (tertiary/aromatic N) is 2. The fourth-order valence-electron chi connectivity index (χ4n) is 4.02. The van der Waals surface area contributed by atoms with Gasteiger partial charge in [-0.2, -0.15) is 4.57 Å². The van der Waals surface area contributed by atoms with Crippen LogP contribution in [0.2, 0.25) is 0 Å². The molecule has 6 nitrogen and oxygen atoms in total. The Labute approximate surface area is 172 Å². The van der Waals surface area contributed by atoms with Gasteiger partial charge < -0.3 is 14.4 Å². The van der Waals surface area contributed by atoms with Crippen LogP contribution in [-0.4, -0.2) is 36.7 Å². The van der Waals surface area contributed by atoms with Crippen molar-refractivity contribution in [1.29, 1.82) is 0 Å². The molecule has 1 saturated heterocycles. The number of methoxy groups -OCH3 is 1. The standard InChI is InChI=1S/C23H29N2O4/c1-17-10-9-11-18(2)25(17)16-29-23(27)24-15-8-7-14-20(24)21(22(26)28-3)19-12-5-4-6-13-19/h4-6,9-13,20-21H,7-8,14-16H2,1-3H3/q+1/t20?,21-/m1/s1. The Hall–Kier alpha value is -2.89. The maximum absolute atomic E-state index is 13.0. The first-order valence-corrected chi connectivity index (χ1v) is 10.0. The average molecular weight is 397 g/mol. The Morgan fingerprint density at radius 3 is 2.41 bits per heavy atom. The minimum Gasteiger partial charge on any atom is -0.468 e. The summed E-state index contributed by atoms with van der Waals surface area (Å²) >= 11 is 0. The van der Waals surface area contributed by atoms with E-state index in [0.717, 1.165) is 36.2 Å². The van der Waals surface area contributed by atoms with Crippen LogP contribution in [0.25, 0.3) is 0 Å². The van der Waals surface area contributed by atoms with E-state index in [-0.39, 0.29) is 18.7 Å². The molecule has 29 heavy (non-hydrogen) atoms. The van der Waals surface area contributed by atoms with Crippen molar-refractivity contribution in [2.24, 2.45) is 0 Å². The second-order valence-corrected chi connectivity index (χ2v) is 7.44. The molecule has 0 spiro atoms. The molecule has 1 fully saturated rings. The zero-order chi connectivity index (χ0) is 20.8. The van der Waals surface area contributed by atoms with E-state index < -0.39 is 12.0 Å². The number of ether oxygens (including phenoxy) is 2. The predicted molar refractivity (Wildman–Crippen MR) is 108 cm³/mol. The van der Waals surface area contributed by atoms with E-state index in [1.807, 2.05) is 66.9 Å². The summed E-state index contributed by atoms with van der Waals surface area (Å²) in [6.07, 6.45) is 2.20. The maximum atomic E-state index is 13.0. The third-order valence-corrected chi connectivity index (χ3v) is 5.63. The van der Waals surface area contributed by atoms with E-state index >= 15 is 0 Å². The SMILES string of the molecule is COC(=O)[C@H](c1ccccc1)C1CCCCN1C(=O)OC[n+]1c(C)cccc1C. The highest BCUT2D eigenvalue weighted by Crippen LogP contribution is 2.32. The number of hydrogen-bond donors (Lipinski definition) is 0. The molecule has 2 atom stereocenters. The van der Waals surface area contributed by atoms with Crippen molar-refractivity contribution in [2.75, 3.05) is 13.7 Å². The van der Waals surface area contributed by atoms with Crippen molar-refractivity contribution in [2.45, 2.75) is 51.8 Å². The van der Waals surface area contributed by atoms with E-state index in [9.17, 15) is 9.59 Å². The second-order valence-electron chi connectivity index (χ2n) is 7.44. The van der Waals surface area contributed by atoms with Gasteiger partial charge in [0.2, 0.25) is 0 Å². The Morgan fingerprint density at radius 2 is 1.76 bits per heavy atom. The van der Waals surface area contributed by atoms with Crippen LogP contribution in [0, 0.1) is 13.8 Å². The molecule has 1 aromatic heterocycles. The van der Waals surface area contributed by atoms with Crippen molar-refractivity contribution in [3.05, 3.63) is 65.5 Å². The Kier molecular flexibility index (Phi) is 6.86. The quantitative estimate of drug-likeness (QED) is 0.572. The third-order valence-electron chi connectivity index (χ3n) is 5.63. The largest absolute Gasteiger partial charge is 0.468 e. The molecule has 154 valence electrons. The van der Waals surface area contributed by atoms with Crippen molar-refractivity contribution in [3.8, 4) is 0 Å². The van der Waals surface area contributed by atoms with Gasteiger partial charge in [-0.25, -0.2) is 4.79 Å². The molecule has 0 saturated carbocycles. The highest BCUT2D eigenvalue weighted by Gasteiger charge is 2.39. The number of amides is 1. The van der Waals surface area contributed by atoms with E-state index in [4.69, 9.17) is 9.47 Å². The third kappa shape index (κ3) is 4.75. The number of aryl methyl sites for hydroxylation is 2. The number of hydrogen-bond acceptors (Lipinski definition) is 4. The molecule has 1 amide bonds. The van der Waals surface area contributed by atoms with Gasteiger partial charge >= 0.3 is 12.1 Å². The molecule has 1 aromatic carbocycles. The Bertz CT molecular complexity index is 833. The van der Waals surface area contributed by atoms with E-state index in [0.29, 0.717) is 6.54 Å². The predicted octanol–water partition coefficient (Wildman–Crippen LogP) is 3.50. The van der Waals surface area contributed by atoms with Crippen LogP contribution in [0.4, 0.5) is 4.79 Å².